The first-order chi connectivity index (χ1) is 7.97. The van der Waals surface area contributed by atoms with Crippen molar-refractivity contribution in [3.63, 3.8) is 0 Å². The molecule has 0 fully saturated rings. The topological polar surface area (TPSA) is 29.1 Å². The van der Waals surface area contributed by atoms with E-state index in [0.29, 0.717) is 6.42 Å². The van der Waals surface area contributed by atoms with Gasteiger partial charge in [0.2, 0.25) is 5.91 Å². The van der Waals surface area contributed by atoms with E-state index in [1.807, 2.05) is 13.8 Å². The van der Waals surface area contributed by atoms with Crippen LogP contribution >= 0.6 is 0 Å². The second-order valence-electron chi connectivity index (χ2n) is 5.17. The molecule has 0 saturated carbocycles. The summed E-state index contributed by atoms with van der Waals surface area (Å²) >= 11 is 0. The molecule has 0 aromatic heterocycles. The Balaban J connectivity index is 0.000000686. The number of rotatable bonds is 0. The van der Waals surface area contributed by atoms with Crippen LogP contribution in [0.1, 0.15) is 52.2 Å². The Bertz CT molecular complexity index is 402. The number of aryl methyl sites for hydroxylation is 1. The highest BCUT2D eigenvalue weighted by atomic mass is 16.1. The normalized spacial score (nSPS) is 14.3. The average molecular weight is 233 g/mol. The van der Waals surface area contributed by atoms with Crippen molar-refractivity contribution in [1.29, 1.82) is 0 Å². The van der Waals surface area contributed by atoms with Crippen molar-refractivity contribution in [2.24, 2.45) is 0 Å². The van der Waals surface area contributed by atoms with Crippen LogP contribution in [0.25, 0.3) is 0 Å². The first-order valence-electron chi connectivity index (χ1n) is 6.40. The van der Waals surface area contributed by atoms with Gasteiger partial charge in [-0.05, 0) is 29.0 Å². The third-order valence-electron chi connectivity index (χ3n) is 2.87. The Morgan fingerprint density at radius 2 is 1.76 bits per heavy atom. The van der Waals surface area contributed by atoms with E-state index in [0.717, 1.165) is 12.1 Å². The monoisotopic (exact) mass is 233 g/mol. The summed E-state index contributed by atoms with van der Waals surface area (Å²) in [7, 11) is 0. The third kappa shape index (κ3) is 3.32. The highest BCUT2D eigenvalue weighted by molar-refractivity contribution is 5.94. The number of hydrogen-bond acceptors (Lipinski definition) is 1. The summed E-state index contributed by atoms with van der Waals surface area (Å²) in [5.41, 5.74) is 3.65. The van der Waals surface area contributed by atoms with Crippen LogP contribution in [0, 0.1) is 0 Å². The average Bonchev–Trinajstić information content (AvgIpc) is 2.29. The van der Waals surface area contributed by atoms with Crippen LogP contribution in [0.3, 0.4) is 0 Å². The molecular formula is C15H23NO. The summed E-state index contributed by atoms with van der Waals surface area (Å²) < 4.78 is 0. The van der Waals surface area contributed by atoms with Crippen LogP contribution in [0.5, 0.6) is 0 Å². The van der Waals surface area contributed by atoms with Gasteiger partial charge >= 0.3 is 0 Å². The minimum Gasteiger partial charge on any atom is -0.326 e. The van der Waals surface area contributed by atoms with Gasteiger partial charge in [-0.1, -0.05) is 46.8 Å². The Hall–Kier alpha value is -1.31. The quantitative estimate of drug-likeness (QED) is 0.723. The molecular weight excluding hydrogens is 210 g/mol. The molecule has 94 valence electrons. The first kappa shape index (κ1) is 13.8. The maximum Gasteiger partial charge on any atom is 0.224 e. The molecule has 0 spiro atoms. The van der Waals surface area contributed by atoms with Crippen molar-refractivity contribution in [3.05, 3.63) is 29.3 Å². The SMILES string of the molecule is CC.CC(C)(C)c1ccc2c(c1)NC(=O)CC2. The molecule has 0 radical (unpaired) electrons. The van der Waals surface area contributed by atoms with E-state index >= 15 is 0 Å². The summed E-state index contributed by atoms with van der Waals surface area (Å²) in [6.45, 7) is 10.5. The van der Waals surface area contributed by atoms with Crippen molar-refractivity contribution in [3.8, 4) is 0 Å². The van der Waals surface area contributed by atoms with Gasteiger partial charge < -0.3 is 5.32 Å². The molecule has 1 aromatic carbocycles. The highest BCUT2D eigenvalue weighted by Crippen LogP contribution is 2.29. The number of carbonyl (C=O) groups is 1. The molecule has 1 aliphatic heterocycles. The van der Waals surface area contributed by atoms with E-state index in [1.165, 1.54) is 11.1 Å². The maximum absolute atomic E-state index is 11.3. The smallest absolute Gasteiger partial charge is 0.224 e. The van der Waals surface area contributed by atoms with E-state index < -0.39 is 0 Å². The molecule has 1 amide bonds. The predicted molar refractivity (Wildman–Crippen MR) is 73.4 cm³/mol. The van der Waals surface area contributed by atoms with Crippen LogP contribution in [-0.4, -0.2) is 5.91 Å². The molecule has 0 unspecified atom stereocenters. The molecule has 0 atom stereocenters. The summed E-state index contributed by atoms with van der Waals surface area (Å²) in [5, 5.41) is 2.93. The lowest BCUT2D eigenvalue weighted by Gasteiger charge is -2.23. The Morgan fingerprint density at radius 1 is 1.12 bits per heavy atom. The largest absolute Gasteiger partial charge is 0.326 e. The molecule has 2 rings (SSSR count). The molecule has 2 nitrogen and oxygen atoms in total. The van der Waals surface area contributed by atoms with Crippen LogP contribution in [0.15, 0.2) is 18.2 Å². The molecule has 17 heavy (non-hydrogen) atoms. The summed E-state index contributed by atoms with van der Waals surface area (Å²) in [5.74, 6) is 0.133. The van der Waals surface area contributed by atoms with Gasteiger partial charge in [-0.25, -0.2) is 0 Å². The van der Waals surface area contributed by atoms with Gasteiger partial charge in [0.15, 0.2) is 0 Å². The molecule has 1 aliphatic rings. The van der Waals surface area contributed by atoms with Gasteiger partial charge in [0.05, 0.1) is 0 Å². The van der Waals surface area contributed by atoms with Crippen LogP contribution < -0.4 is 5.32 Å². The van der Waals surface area contributed by atoms with E-state index in [2.05, 4.69) is 44.3 Å². The Labute approximate surface area is 104 Å². The third-order valence-corrected chi connectivity index (χ3v) is 2.87. The highest BCUT2D eigenvalue weighted by Gasteiger charge is 2.19. The van der Waals surface area contributed by atoms with Gasteiger partial charge in [-0.15, -0.1) is 0 Å². The maximum atomic E-state index is 11.3. The molecule has 2 heteroatoms. The van der Waals surface area contributed by atoms with E-state index in [1.54, 1.807) is 0 Å². The van der Waals surface area contributed by atoms with Crippen molar-refractivity contribution in [2.75, 3.05) is 5.32 Å². The number of benzene rings is 1. The molecule has 1 aromatic rings. The minimum atomic E-state index is 0.133. The van der Waals surface area contributed by atoms with Crippen LogP contribution in [0.4, 0.5) is 5.69 Å². The zero-order valence-electron chi connectivity index (χ0n) is 11.6. The van der Waals surface area contributed by atoms with Gasteiger partial charge in [-0.3, -0.25) is 4.79 Å². The van der Waals surface area contributed by atoms with Gasteiger partial charge in [0.25, 0.3) is 0 Å². The first-order valence-corrected chi connectivity index (χ1v) is 6.40. The predicted octanol–water partition coefficient (Wildman–Crippen LogP) is 3.90. The molecule has 0 aliphatic carbocycles. The number of anilines is 1. The lowest BCUT2D eigenvalue weighted by Crippen LogP contribution is -2.20. The Morgan fingerprint density at radius 3 is 2.35 bits per heavy atom. The zero-order valence-corrected chi connectivity index (χ0v) is 11.6. The number of nitrogens with one attached hydrogen (secondary N) is 1. The second-order valence-corrected chi connectivity index (χ2v) is 5.17. The van der Waals surface area contributed by atoms with Crippen LogP contribution in [0.2, 0.25) is 0 Å². The summed E-state index contributed by atoms with van der Waals surface area (Å²) in [6, 6.07) is 6.40. The van der Waals surface area contributed by atoms with Gasteiger partial charge in [0, 0.05) is 12.1 Å². The summed E-state index contributed by atoms with van der Waals surface area (Å²) in [6.07, 6.45) is 1.48. The van der Waals surface area contributed by atoms with E-state index in [-0.39, 0.29) is 11.3 Å². The number of hydrogen-bond donors (Lipinski definition) is 1. The van der Waals surface area contributed by atoms with Crippen LogP contribution in [-0.2, 0) is 16.6 Å². The lowest BCUT2D eigenvalue weighted by atomic mass is 9.85. The number of fused-ring (bicyclic) bond motifs is 1. The zero-order chi connectivity index (χ0) is 13.1. The number of carbonyl (C=O) groups excluding carboxylic acids is 1. The fraction of sp³-hybridized carbons (Fsp3) is 0.533. The van der Waals surface area contributed by atoms with Crippen molar-refractivity contribution >= 4 is 11.6 Å². The van der Waals surface area contributed by atoms with E-state index in [9.17, 15) is 4.79 Å². The molecule has 1 N–H and O–H groups in total. The standard InChI is InChI=1S/C13H17NO.C2H6/c1-13(2,3)10-6-4-9-5-7-12(15)14-11(9)8-10;1-2/h4,6,8H,5,7H2,1-3H3,(H,14,15);1-2H3. The van der Waals surface area contributed by atoms with Gasteiger partial charge in [-0.2, -0.15) is 0 Å². The fourth-order valence-corrected chi connectivity index (χ4v) is 1.84. The van der Waals surface area contributed by atoms with Crippen molar-refractivity contribution in [2.45, 2.75) is 52.9 Å². The van der Waals surface area contributed by atoms with Crippen molar-refractivity contribution < 1.29 is 4.79 Å². The minimum absolute atomic E-state index is 0.133. The fourth-order valence-electron chi connectivity index (χ4n) is 1.84. The lowest BCUT2D eigenvalue weighted by molar-refractivity contribution is -0.116. The second kappa shape index (κ2) is 5.35. The van der Waals surface area contributed by atoms with Crippen molar-refractivity contribution in [1.82, 2.24) is 0 Å². The summed E-state index contributed by atoms with van der Waals surface area (Å²) in [4.78, 5) is 11.3. The molecule has 1 heterocycles. The molecule has 0 saturated heterocycles. The number of amides is 1. The molecule has 0 bridgehead atoms. The Kier molecular flexibility index (Phi) is 4.33. The van der Waals surface area contributed by atoms with Gasteiger partial charge in [0.1, 0.15) is 0 Å². The van der Waals surface area contributed by atoms with E-state index in [4.69, 9.17) is 0 Å².